The normalized spacial score (nSPS) is 21.2. The fourth-order valence-electron chi connectivity index (χ4n) is 3.93. The van der Waals surface area contributed by atoms with Crippen LogP contribution in [0.2, 0.25) is 5.02 Å². The smallest absolute Gasteiger partial charge is 0.103 e. The van der Waals surface area contributed by atoms with Crippen LogP contribution in [0.4, 0.5) is 5.69 Å². The van der Waals surface area contributed by atoms with Gasteiger partial charge in [0.15, 0.2) is 0 Å². The fraction of sp³-hybridized carbons (Fsp3) is 0.588. The van der Waals surface area contributed by atoms with E-state index in [1.54, 1.807) is 6.07 Å². The standard InChI is InChI=1S/C17H23ClN2/c1-16(2)8-12(9-17(3,4)11-16)20-15-7-5-6-14(18)13(15)10-19/h5-7,12,20H,8-9,11H2,1-4H3. The Morgan fingerprint density at radius 3 is 2.35 bits per heavy atom. The molecule has 0 aliphatic heterocycles. The van der Waals surface area contributed by atoms with Gasteiger partial charge in [-0.1, -0.05) is 45.4 Å². The van der Waals surface area contributed by atoms with E-state index in [9.17, 15) is 5.26 Å². The van der Waals surface area contributed by atoms with Crippen molar-refractivity contribution in [1.29, 1.82) is 5.26 Å². The third-order valence-electron chi connectivity index (χ3n) is 4.04. The van der Waals surface area contributed by atoms with Crippen LogP contribution in [-0.2, 0) is 0 Å². The Kier molecular flexibility index (Phi) is 4.02. The summed E-state index contributed by atoms with van der Waals surface area (Å²) in [6.45, 7) is 9.30. The van der Waals surface area contributed by atoms with Crippen molar-refractivity contribution in [3.8, 4) is 6.07 Å². The van der Waals surface area contributed by atoms with E-state index in [-0.39, 0.29) is 0 Å². The minimum absolute atomic E-state index is 0.324. The van der Waals surface area contributed by atoms with Gasteiger partial charge in [-0.2, -0.15) is 5.26 Å². The molecule has 0 saturated heterocycles. The Morgan fingerprint density at radius 1 is 1.20 bits per heavy atom. The highest BCUT2D eigenvalue weighted by Gasteiger charge is 2.38. The molecular formula is C17H23ClN2. The molecule has 0 heterocycles. The summed E-state index contributed by atoms with van der Waals surface area (Å²) in [5.41, 5.74) is 2.06. The van der Waals surface area contributed by atoms with Crippen LogP contribution >= 0.6 is 11.6 Å². The lowest BCUT2D eigenvalue weighted by molar-refractivity contribution is 0.105. The maximum atomic E-state index is 9.26. The Balaban J connectivity index is 2.22. The van der Waals surface area contributed by atoms with Crippen molar-refractivity contribution in [2.24, 2.45) is 10.8 Å². The second-order valence-electron chi connectivity index (χ2n) is 7.53. The number of nitrogens with one attached hydrogen (secondary N) is 1. The van der Waals surface area contributed by atoms with Gasteiger partial charge in [-0.05, 0) is 42.2 Å². The molecule has 1 N–H and O–H groups in total. The van der Waals surface area contributed by atoms with Gasteiger partial charge in [0.25, 0.3) is 0 Å². The maximum Gasteiger partial charge on any atom is 0.103 e. The molecule has 20 heavy (non-hydrogen) atoms. The molecule has 1 saturated carbocycles. The van der Waals surface area contributed by atoms with E-state index in [0.717, 1.165) is 18.5 Å². The van der Waals surface area contributed by atoms with Crippen molar-refractivity contribution in [3.63, 3.8) is 0 Å². The van der Waals surface area contributed by atoms with Crippen molar-refractivity contribution in [2.45, 2.75) is 53.0 Å². The van der Waals surface area contributed by atoms with Gasteiger partial charge < -0.3 is 5.32 Å². The second kappa shape index (κ2) is 5.30. The lowest BCUT2D eigenvalue weighted by Crippen LogP contribution is -2.40. The highest BCUT2D eigenvalue weighted by atomic mass is 35.5. The minimum Gasteiger partial charge on any atom is -0.381 e. The first kappa shape index (κ1) is 15.2. The van der Waals surface area contributed by atoms with E-state index in [1.165, 1.54) is 6.42 Å². The van der Waals surface area contributed by atoms with Crippen LogP contribution in [0, 0.1) is 22.2 Å². The first-order valence-corrected chi connectivity index (χ1v) is 7.55. The van der Waals surface area contributed by atoms with Crippen molar-refractivity contribution < 1.29 is 0 Å². The summed E-state index contributed by atoms with van der Waals surface area (Å²) in [5.74, 6) is 0. The largest absolute Gasteiger partial charge is 0.381 e. The average Bonchev–Trinajstić information content (AvgIpc) is 2.24. The number of nitriles is 1. The zero-order valence-electron chi connectivity index (χ0n) is 12.8. The molecule has 2 rings (SSSR count). The predicted octanol–water partition coefficient (Wildman–Crippen LogP) is 5.23. The van der Waals surface area contributed by atoms with Crippen molar-refractivity contribution in [2.75, 3.05) is 5.32 Å². The van der Waals surface area contributed by atoms with E-state index in [2.05, 4.69) is 39.1 Å². The molecule has 0 amide bonds. The molecule has 1 aromatic rings. The summed E-state index contributed by atoms with van der Waals surface area (Å²) >= 11 is 6.10. The van der Waals surface area contributed by atoms with E-state index in [0.29, 0.717) is 27.5 Å². The quantitative estimate of drug-likeness (QED) is 0.809. The highest BCUT2D eigenvalue weighted by molar-refractivity contribution is 6.32. The van der Waals surface area contributed by atoms with E-state index >= 15 is 0 Å². The predicted molar refractivity (Wildman–Crippen MR) is 85.0 cm³/mol. The Morgan fingerprint density at radius 2 is 1.80 bits per heavy atom. The summed E-state index contributed by atoms with van der Waals surface area (Å²) in [6, 6.07) is 8.19. The van der Waals surface area contributed by atoms with Gasteiger partial charge in [0.2, 0.25) is 0 Å². The van der Waals surface area contributed by atoms with Crippen LogP contribution in [-0.4, -0.2) is 6.04 Å². The van der Waals surface area contributed by atoms with Crippen molar-refractivity contribution in [3.05, 3.63) is 28.8 Å². The third kappa shape index (κ3) is 3.46. The van der Waals surface area contributed by atoms with Gasteiger partial charge in [-0.15, -0.1) is 0 Å². The van der Waals surface area contributed by atoms with Gasteiger partial charge in [-0.25, -0.2) is 0 Å². The van der Waals surface area contributed by atoms with Crippen LogP contribution < -0.4 is 5.32 Å². The lowest BCUT2D eigenvalue weighted by atomic mass is 9.63. The lowest BCUT2D eigenvalue weighted by Gasteiger charge is -2.45. The molecule has 0 bridgehead atoms. The van der Waals surface area contributed by atoms with Crippen molar-refractivity contribution >= 4 is 17.3 Å². The molecule has 1 fully saturated rings. The van der Waals surface area contributed by atoms with Gasteiger partial charge in [0.1, 0.15) is 6.07 Å². The Hall–Kier alpha value is -1.20. The summed E-state index contributed by atoms with van der Waals surface area (Å²) in [7, 11) is 0. The molecule has 3 heteroatoms. The molecule has 108 valence electrons. The van der Waals surface area contributed by atoms with Crippen LogP contribution in [0.1, 0.15) is 52.5 Å². The van der Waals surface area contributed by atoms with Crippen molar-refractivity contribution in [1.82, 2.24) is 0 Å². The molecule has 2 nitrogen and oxygen atoms in total. The minimum atomic E-state index is 0.324. The molecule has 0 radical (unpaired) electrons. The highest BCUT2D eigenvalue weighted by Crippen LogP contribution is 2.46. The molecule has 1 aliphatic carbocycles. The number of anilines is 1. The molecule has 1 aromatic carbocycles. The molecule has 0 spiro atoms. The molecule has 0 atom stereocenters. The van der Waals surface area contributed by atoms with Crippen LogP contribution in [0.25, 0.3) is 0 Å². The fourth-order valence-corrected chi connectivity index (χ4v) is 4.14. The van der Waals surface area contributed by atoms with Gasteiger partial charge in [-0.3, -0.25) is 0 Å². The number of halogens is 1. The van der Waals surface area contributed by atoms with Gasteiger partial charge in [0.05, 0.1) is 16.3 Å². The molecule has 0 unspecified atom stereocenters. The monoisotopic (exact) mass is 290 g/mol. The molecule has 1 aliphatic rings. The summed E-state index contributed by atoms with van der Waals surface area (Å²) < 4.78 is 0. The zero-order valence-corrected chi connectivity index (χ0v) is 13.5. The Bertz CT molecular complexity index is 524. The Labute approximate surface area is 127 Å². The third-order valence-corrected chi connectivity index (χ3v) is 4.36. The van der Waals surface area contributed by atoms with E-state index in [4.69, 9.17) is 11.6 Å². The van der Waals surface area contributed by atoms with Gasteiger partial charge in [0, 0.05) is 6.04 Å². The average molecular weight is 291 g/mol. The summed E-state index contributed by atoms with van der Waals surface area (Å²) in [6.07, 6.45) is 3.47. The zero-order chi connectivity index (χ0) is 15.0. The van der Waals surface area contributed by atoms with Crippen LogP contribution in [0.15, 0.2) is 18.2 Å². The van der Waals surface area contributed by atoms with Gasteiger partial charge >= 0.3 is 0 Å². The first-order chi connectivity index (χ1) is 9.22. The maximum absolute atomic E-state index is 9.26. The molecular weight excluding hydrogens is 268 g/mol. The van der Waals surface area contributed by atoms with E-state index in [1.807, 2.05) is 12.1 Å². The number of hydrogen-bond acceptors (Lipinski definition) is 2. The van der Waals surface area contributed by atoms with E-state index < -0.39 is 0 Å². The molecule has 0 aromatic heterocycles. The SMILES string of the molecule is CC1(C)CC(Nc2cccc(Cl)c2C#N)CC(C)(C)C1. The number of hydrogen-bond donors (Lipinski definition) is 1. The number of benzene rings is 1. The number of rotatable bonds is 2. The topological polar surface area (TPSA) is 35.8 Å². The van der Waals surface area contributed by atoms with Crippen LogP contribution in [0.5, 0.6) is 0 Å². The van der Waals surface area contributed by atoms with Crippen LogP contribution in [0.3, 0.4) is 0 Å². The first-order valence-electron chi connectivity index (χ1n) is 7.18. The summed E-state index contributed by atoms with van der Waals surface area (Å²) in [4.78, 5) is 0. The summed E-state index contributed by atoms with van der Waals surface area (Å²) in [5, 5.41) is 13.3. The number of nitrogens with zero attached hydrogens (tertiary/aromatic N) is 1. The second-order valence-corrected chi connectivity index (χ2v) is 7.94.